The summed E-state index contributed by atoms with van der Waals surface area (Å²) in [5, 5.41) is 10.3. The summed E-state index contributed by atoms with van der Waals surface area (Å²) in [5.74, 6) is 1.55. The number of urea groups is 1. The van der Waals surface area contributed by atoms with Crippen molar-refractivity contribution in [2.75, 3.05) is 39.2 Å². The van der Waals surface area contributed by atoms with Gasteiger partial charge in [0.15, 0.2) is 16.6 Å². The topological polar surface area (TPSA) is 78.1 Å². The molecule has 2 aliphatic heterocycles. The number of rotatable bonds is 9. The fraction of sp³-hybridized carbons (Fsp3) is 0.375. The van der Waals surface area contributed by atoms with Crippen LogP contribution in [-0.4, -0.2) is 66.9 Å². The van der Waals surface area contributed by atoms with E-state index in [-0.39, 0.29) is 12.1 Å². The van der Waals surface area contributed by atoms with Crippen molar-refractivity contribution in [3.8, 4) is 11.5 Å². The van der Waals surface area contributed by atoms with Crippen LogP contribution < -0.4 is 25.4 Å². The zero-order chi connectivity index (χ0) is 28.6. The van der Waals surface area contributed by atoms with Gasteiger partial charge >= 0.3 is 6.03 Å². The number of nitrogens with zero attached hydrogens (tertiary/aromatic N) is 2. The number of nitrogens with one attached hydrogen (secondary N) is 3. The van der Waals surface area contributed by atoms with Gasteiger partial charge < -0.3 is 30.3 Å². The van der Waals surface area contributed by atoms with Gasteiger partial charge in [-0.1, -0.05) is 54.6 Å². The monoisotopic (exact) mass is 573 g/mol. The number of ether oxygens (including phenoxy) is 2. The van der Waals surface area contributed by atoms with Gasteiger partial charge in [0.1, 0.15) is 0 Å². The van der Waals surface area contributed by atoms with Gasteiger partial charge in [-0.3, -0.25) is 4.90 Å². The number of likely N-dealkylation sites (tertiary alicyclic amines) is 1. The zero-order valence-corrected chi connectivity index (χ0v) is 24.6. The van der Waals surface area contributed by atoms with E-state index in [9.17, 15) is 4.79 Å². The number of carbonyl (C=O) groups is 1. The van der Waals surface area contributed by atoms with Crippen molar-refractivity contribution in [1.82, 2.24) is 20.4 Å². The summed E-state index contributed by atoms with van der Waals surface area (Å²) in [7, 11) is 3.36. The van der Waals surface area contributed by atoms with Crippen molar-refractivity contribution in [2.24, 2.45) is 0 Å². The maximum atomic E-state index is 12.6. The number of benzene rings is 3. The third-order valence-corrected chi connectivity index (χ3v) is 8.37. The van der Waals surface area contributed by atoms with Crippen molar-refractivity contribution in [1.29, 1.82) is 0 Å². The molecule has 1 fully saturated rings. The van der Waals surface area contributed by atoms with E-state index in [2.05, 4.69) is 56.1 Å². The number of anilines is 1. The molecule has 0 aliphatic carbocycles. The summed E-state index contributed by atoms with van der Waals surface area (Å²) in [4.78, 5) is 17.4. The Kier molecular flexibility index (Phi) is 9.59. The van der Waals surface area contributed by atoms with Crippen molar-refractivity contribution >= 4 is 29.0 Å². The highest BCUT2D eigenvalue weighted by Crippen LogP contribution is 2.33. The van der Waals surface area contributed by atoms with E-state index < -0.39 is 0 Å². The summed E-state index contributed by atoms with van der Waals surface area (Å²) >= 11 is 5.97. The molecule has 2 atom stereocenters. The summed E-state index contributed by atoms with van der Waals surface area (Å²) in [6, 6.07) is 24.2. The summed E-state index contributed by atoms with van der Waals surface area (Å²) in [6.45, 7) is 3.78. The molecule has 0 spiro atoms. The molecule has 3 aromatic rings. The molecule has 216 valence electrons. The minimum atomic E-state index is -0.219. The second-order valence-electron chi connectivity index (χ2n) is 10.6. The number of methoxy groups -OCH3 is 2. The Labute approximate surface area is 248 Å². The quantitative estimate of drug-likeness (QED) is 0.318. The lowest BCUT2D eigenvalue weighted by atomic mass is 9.94. The Morgan fingerprint density at radius 1 is 0.902 bits per heavy atom. The summed E-state index contributed by atoms with van der Waals surface area (Å²) in [5.41, 5.74) is 4.46. The third-order valence-electron chi connectivity index (χ3n) is 7.99. The zero-order valence-electron chi connectivity index (χ0n) is 23.8. The Bertz CT molecular complexity index is 1340. The van der Waals surface area contributed by atoms with E-state index in [1.807, 2.05) is 42.5 Å². The number of amides is 2. The molecule has 41 heavy (non-hydrogen) atoms. The number of fused-ring (bicyclic) bond motifs is 1. The third kappa shape index (κ3) is 7.10. The Balaban J connectivity index is 1.21. The first-order chi connectivity index (χ1) is 20.1. The molecule has 2 aliphatic rings. The normalized spacial score (nSPS) is 18.3. The minimum Gasteiger partial charge on any atom is -0.493 e. The van der Waals surface area contributed by atoms with Gasteiger partial charge in [0.05, 0.1) is 20.3 Å². The number of hydrogen-bond donors (Lipinski definition) is 3. The maximum absolute atomic E-state index is 12.6. The highest BCUT2D eigenvalue weighted by atomic mass is 32.1. The first-order valence-corrected chi connectivity index (χ1v) is 14.6. The predicted molar refractivity (Wildman–Crippen MR) is 167 cm³/mol. The van der Waals surface area contributed by atoms with Gasteiger partial charge in [-0.15, -0.1) is 0 Å². The minimum absolute atomic E-state index is 0.0483. The molecule has 3 aromatic carbocycles. The van der Waals surface area contributed by atoms with Crippen LogP contribution in [0.3, 0.4) is 0 Å². The van der Waals surface area contributed by atoms with Crippen LogP contribution in [0.25, 0.3) is 0 Å². The second kappa shape index (κ2) is 13.7. The van der Waals surface area contributed by atoms with Crippen LogP contribution in [0.2, 0.25) is 0 Å². The van der Waals surface area contributed by atoms with Crippen LogP contribution in [-0.2, 0) is 19.5 Å². The lowest BCUT2D eigenvalue weighted by Gasteiger charge is -2.39. The van der Waals surface area contributed by atoms with Crippen molar-refractivity contribution < 1.29 is 14.3 Å². The fourth-order valence-corrected chi connectivity index (χ4v) is 6.15. The van der Waals surface area contributed by atoms with Crippen LogP contribution in [0.5, 0.6) is 11.5 Å². The molecule has 8 nitrogen and oxygen atoms in total. The van der Waals surface area contributed by atoms with Crippen LogP contribution in [0, 0.1) is 0 Å². The molecule has 2 amide bonds. The molecule has 5 rings (SSSR count). The molecule has 1 saturated heterocycles. The van der Waals surface area contributed by atoms with Gasteiger partial charge in [-0.25, -0.2) is 4.79 Å². The molecule has 0 aromatic heterocycles. The smallest absolute Gasteiger partial charge is 0.319 e. The van der Waals surface area contributed by atoms with Gasteiger partial charge in [0, 0.05) is 43.5 Å². The van der Waals surface area contributed by atoms with E-state index in [0.717, 1.165) is 66.8 Å². The van der Waals surface area contributed by atoms with Gasteiger partial charge in [-0.05, 0) is 67.4 Å². The summed E-state index contributed by atoms with van der Waals surface area (Å²) < 4.78 is 11.2. The molecule has 0 radical (unpaired) electrons. The lowest BCUT2D eigenvalue weighted by molar-refractivity contribution is 0.230. The Morgan fingerprint density at radius 2 is 1.66 bits per heavy atom. The van der Waals surface area contributed by atoms with E-state index >= 15 is 0 Å². The van der Waals surface area contributed by atoms with Gasteiger partial charge in [0.25, 0.3) is 0 Å². The van der Waals surface area contributed by atoms with Crippen molar-refractivity contribution in [3.05, 3.63) is 89.5 Å². The second-order valence-corrected chi connectivity index (χ2v) is 10.9. The number of carbonyl (C=O) groups excluding carboxylic acids is 1. The average molecular weight is 574 g/mol. The van der Waals surface area contributed by atoms with Crippen LogP contribution in [0.15, 0.2) is 72.8 Å². The molecular formula is C32H39N5O3S. The predicted octanol–water partition coefficient (Wildman–Crippen LogP) is 4.79. The average Bonchev–Trinajstić information content (AvgIpc) is 3.45. The molecular weight excluding hydrogens is 534 g/mol. The maximum Gasteiger partial charge on any atom is 0.319 e. The summed E-state index contributed by atoms with van der Waals surface area (Å²) in [6.07, 6.45) is 3.07. The Morgan fingerprint density at radius 3 is 2.44 bits per heavy atom. The number of hydrogen-bond acceptors (Lipinski definition) is 5. The van der Waals surface area contributed by atoms with E-state index in [1.54, 1.807) is 14.2 Å². The van der Waals surface area contributed by atoms with E-state index in [0.29, 0.717) is 19.1 Å². The fourth-order valence-electron chi connectivity index (χ4n) is 5.85. The van der Waals surface area contributed by atoms with Crippen LogP contribution in [0.1, 0.15) is 29.5 Å². The first-order valence-electron chi connectivity index (χ1n) is 14.2. The van der Waals surface area contributed by atoms with Crippen LogP contribution in [0.4, 0.5) is 10.5 Å². The largest absolute Gasteiger partial charge is 0.493 e. The van der Waals surface area contributed by atoms with Crippen molar-refractivity contribution in [2.45, 2.75) is 44.4 Å². The number of para-hydroxylation sites is 2. The standard InChI is InChI=1S/C32H39N5O3S/c1-39-29-16-8-12-25(30(29)40-2)21-36-17-9-15-27(36)19-34-32(41)37-22-24-11-7-6-10-23(24)18-28(37)20-33-31(38)35-26-13-4-3-5-14-26/h3-8,10-14,16,27-28H,9,15,17-22H2,1-2H3,(H,34,41)(H2,33,35,38)/t27?,28-/m0/s1. The molecule has 0 saturated carbocycles. The lowest BCUT2D eigenvalue weighted by Crippen LogP contribution is -2.54. The van der Waals surface area contributed by atoms with Gasteiger partial charge in [-0.2, -0.15) is 0 Å². The number of thiocarbonyl (C=S) groups is 1. The van der Waals surface area contributed by atoms with Crippen LogP contribution >= 0.6 is 12.2 Å². The molecule has 2 heterocycles. The first kappa shape index (κ1) is 28.7. The Hall–Kier alpha value is -3.82. The molecule has 9 heteroatoms. The SMILES string of the molecule is COc1cccc(CN2CCCC2CNC(=S)N2Cc3ccccc3C[C@H]2CNC(=O)Nc2ccccc2)c1OC. The molecule has 3 N–H and O–H groups in total. The van der Waals surface area contributed by atoms with E-state index in [4.69, 9.17) is 21.7 Å². The van der Waals surface area contributed by atoms with E-state index in [1.165, 1.54) is 11.1 Å². The highest BCUT2D eigenvalue weighted by Gasteiger charge is 2.30. The molecule has 0 bridgehead atoms. The van der Waals surface area contributed by atoms with Crippen molar-refractivity contribution in [3.63, 3.8) is 0 Å². The van der Waals surface area contributed by atoms with Gasteiger partial charge in [0.2, 0.25) is 0 Å². The molecule has 1 unspecified atom stereocenters. The highest BCUT2D eigenvalue weighted by molar-refractivity contribution is 7.80.